The van der Waals surface area contributed by atoms with Gasteiger partial charge in [0.05, 0.1) is 26.3 Å². The van der Waals surface area contributed by atoms with E-state index in [1.165, 1.54) is 4.81 Å². The molecule has 5 nitrogen and oxygen atoms in total. The fourth-order valence-electron chi connectivity index (χ4n) is 3.32. The van der Waals surface area contributed by atoms with Crippen LogP contribution in [0.4, 0.5) is 0 Å². The fraction of sp³-hybridized carbons (Fsp3) is 1.00. The van der Waals surface area contributed by atoms with E-state index in [-0.39, 0.29) is 11.6 Å². The Labute approximate surface area is 89.6 Å². The van der Waals surface area contributed by atoms with Crippen LogP contribution < -0.4 is 4.81 Å². The van der Waals surface area contributed by atoms with Gasteiger partial charge in [-0.15, -0.1) is 0 Å². The van der Waals surface area contributed by atoms with Gasteiger partial charge in [-0.25, -0.2) is 8.42 Å². The van der Waals surface area contributed by atoms with Crippen molar-refractivity contribution in [1.82, 2.24) is 0 Å². The Kier molecular flexibility index (Phi) is 2.15. The SMILES string of the molecule is O=S1(=O)CCC([B-]23OCC[NH+]2CCO3)C1. The smallest absolute Gasteiger partial charge is 0.475 e. The summed E-state index contributed by atoms with van der Waals surface area (Å²) in [5.41, 5.74) is 0. The highest BCUT2D eigenvalue weighted by atomic mass is 32.2. The van der Waals surface area contributed by atoms with Gasteiger partial charge >= 0.3 is 6.69 Å². The standard InChI is InChI=1S/C8H16BNO4S/c11-15(12)6-1-8(7-15)9-10(2-4-13-9)3-5-14-9/h8,10H,1-7H2. The zero-order valence-corrected chi connectivity index (χ0v) is 9.46. The van der Waals surface area contributed by atoms with Crippen molar-refractivity contribution in [3.8, 4) is 0 Å². The third-order valence-corrected chi connectivity index (χ3v) is 5.83. The highest BCUT2D eigenvalue weighted by molar-refractivity contribution is 7.91. The molecule has 3 saturated heterocycles. The van der Waals surface area contributed by atoms with Gasteiger partial charge in [-0.2, -0.15) is 0 Å². The lowest BCUT2D eigenvalue weighted by Gasteiger charge is -2.35. The van der Waals surface area contributed by atoms with Crippen LogP contribution in [0.5, 0.6) is 0 Å². The summed E-state index contributed by atoms with van der Waals surface area (Å²) >= 11 is 0. The minimum Gasteiger partial charge on any atom is -0.509 e. The Hall–Kier alpha value is -0.105. The van der Waals surface area contributed by atoms with Crippen LogP contribution in [0, 0.1) is 0 Å². The van der Waals surface area contributed by atoms with Crippen molar-refractivity contribution in [1.29, 1.82) is 0 Å². The molecule has 3 aliphatic heterocycles. The second-order valence-corrected chi connectivity index (χ2v) is 7.06. The van der Waals surface area contributed by atoms with E-state index in [0.717, 1.165) is 13.1 Å². The molecule has 0 aromatic heterocycles. The Morgan fingerprint density at radius 1 is 1.20 bits per heavy atom. The monoisotopic (exact) mass is 233 g/mol. The van der Waals surface area contributed by atoms with Crippen LogP contribution in [0.1, 0.15) is 6.42 Å². The van der Waals surface area contributed by atoms with Gasteiger partial charge in [0.15, 0.2) is 0 Å². The lowest BCUT2D eigenvalue weighted by molar-refractivity contribution is -0.784. The summed E-state index contributed by atoms with van der Waals surface area (Å²) in [6, 6.07) is 0. The van der Waals surface area contributed by atoms with Crippen molar-refractivity contribution in [3.63, 3.8) is 0 Å². The minimum atomic E-state index is -2.83. The molecular formula is C8H16BNO4S. The summed E-state index contributed by atoms with van der Waals surface area (Å²) in [5, 5.41) is 0. The van der Waals surface area contributed by atoms with Gasteiger partial charge in [0.1, 0.15) is 9.84 Å². The molecule has 3 aliphatic rings. The number of nitrogens with one attached hydrogen (secondary N) is 1. The van der Waals surface area contributed by atoms with Gasteiger partial charge in [0.25, 0.3) is 0 Å². The van der Waals surface area contributed by atoms with Gasteiger partial charge in [0.2, 0.25) is 0 Å². The zero-order chi connectivity index (χ0) is 10.5. The summed E-state index contributed by atoms with van der Waals surface area (Å²) in [7, 11) is -2.83. The summed E-state index contributed by atoms with van der Waals surface area (Å²) in [6.07, 6.45) is 0.714. The molecule has 86 valence electrons. The quantitative estimate of drug-likeness (QED) is 0.535. The first-order valence-corrected chi connectivity index (χ1v) is 7.43. The van der Waals surface area contributed by atoms with Crippen molar-refractivity contribution in [3.05, 3.63) is 0 Å². The second kappa shape index (κ2) is 3.19. The number of quaternary nitrogens is 1. The summed E-state index contributed by atoms with van der Waals surface area (Å²) in [5.74, 6) is 0.660. The average molecular weight is 233 g/mol. The summed E-state index contributed by atoms with van der Waals surface area (Å²) in [6.45, 7) is 2.03. The first-order valence-electron chi connectivity index (χ1n) is 5.61. The molecule has 0 bridgehead atoms. The van der Waals surface area contributed by atoms with Gasteiger partial charge in [0, 0.05) is 11.5 Å². The number of rotatable bonds is 1. The molecule has 0 spiro atoms. The molecule has 0 aromatic carbocycles. The maximum atomic E-state index is 11.5. The molecule has 15 heavy (non-hydrogen) atoms. The zero-order valence-electron chi connectivity index (χ0n) is 8.65. The Balaban J connectivity index is 1.87. The first kappa shape index (κ1) is 10.1. The van der Waals surface area contributed by atoms with Crippen LogP contribution >= 0.6 is 0 Å². The van der Waals surface area contributed by atoms with Gasteiger partial charge in [-0.1, -0.05) is 6.42 Å². The molecule has 0 radical (unpaired) electrons. The topological polar surface area (TPSA) is 57.0 Å². The predicted octanol–water partition coefficient (Wildman–Crippen LogP) is -1.94. The number of sulfone groups is 1. The molecule has 3 rings (SSSR count). The highest BCUT2D eigenvalue weighted by Gasteiger charge is 2.57. The summed E-state index contributed by atoms with van der Waals surface area (Å²) in [4.78, 5) is 1.34. The molecule has 3 heterocycles. The Morgan fingerprint density at radius 3 is 2.40 bits per heavy atom. The van der Waals surface area contributed by atoms with E-state index in [2.05, 4.69) is 0 Å². The maximum Gasteiger partial charge on any atom is 0.475 e. The normalized spacial score (nSPS) is 48.3. The molecule has 7 heteroatoms. The first-order chi connectivity index (χ1) is 7.12. The second-order valence-electron chi connectivity index (χ2n) is 4.83. The molecule has 1 atom stereocenters. The van der Waals surface area contributed by atoms with Crippen LogP contribution in [-0.4, -0.2) is 52.9 Å². The third-order valence-electron chi connectivity index (χ3n) is 4.03. The van der Waals surface area contributed by atoms with E-state index in [1.807, 2.05) is 0 Å². The third kappa shape index (κ3) is 1.44. The molecule has 0 saturated carbocycles. The highest BCUT2D eigenvalue weighted by Crippen LogP contribution is 2.34. The molecular weight excluding hydrogens is 217 g/mol. The van der Waals surface area contributed by atoms with Crippen LogP contribution in [0.25, 0.3) is 0 Å². The van der Waals surface area contributed by atoms with Crippen LogP contribution in [0.15, 0.2) is 0 Å². The molecule has 0 aromatic rings. The van der Waals surface area contributed by atoms with E-state index in [1.54, 1.807) is 0 Å². The minimum absolute atomic E-state index is 0.0926. The van der Waals surface area contributed by atoms with Crippen LogP contribution in [-0.2, 0) is 19.1 Å². The van der Waals surface area contributed by atoms with Crippen molar-refractivity contribution in [2.45, 2.75) is 12.2 Å². The van der Waals surface area contributed by atoms with Crippen LogP contribution in [0.3, 0.4) is 0 Å². The number of hydrogen-bond acceptors (Lipinski definition) is 4. The maximum absolute atomic E-state index is 11.5. The van der Waals surface area contributed by atoms with Crippen molar-refractivity contribution >= 4 is 16.5 Å². The predicted molar refractivity (Wildman–Crippen MR) is 55.4 cm³/mol. The van der Waals surface area contributed by atoms with E-state index in [9.17, 15) is 8.42 Å². The van der Waals surface area contributed by atoms with E-state index in [4.69, 9.17) is 9.31 Å². The molecule has 0 amide bonds. The Morgan fingerprint density at radius 2 is 1.87 bits per heavy atom. The van der Waals surface area contributed by atoms with E-state index < -0.39 is 16.5 Å². The van der Waals surface area contributed by atoms with Crippen molar-refractivity contribution in [2.75, 3.05) is 37.8 Å². The van der Waals surface area contributed by atoms with Crippen molar-refractivity contribution < 1.29 is 22.5 Å². The molecule has 0 aliphatic carbocycles. The average Bonchev–Trinajstić information content (AvgIpc) is 2.75. The molecule has 1 N–H and O–H groups in total. The van der Waals surface area contributed by atoms with E-state index in [0.29, 0.717) is 25.4 Å². The van der Waals surface area contributed by atoms with Gasteiger partial charge in [-0.05, 0) is 5.82 Å². The number of hydrogen-bond donors (Lipinski definition) is 1. The molecule has 3 fully saturated rings. The Bertz CT molecular complexity index is 361. The molecule has 1 unspecified atom stereocenters. The van der Waals surface area contributed by atoms with Gasteiger partial charge < -0.3 is 14.1 Å². The van der Waals surface area contributed by atoms with Gasteiger partial charge in [-0.3, -0.25) is 0 Å². The number of fused-ring (bicyclic) bond motifs is 1. The van der Waals surface area contributed by atoms with Crippen molar-refractivity contribution in [2.24, 2.45) is 0 Å². The summed E-state index contributed by atoms with van der Waals surface area (Å²) < 4.78 is 34.5. The van der Waals surface area contributed by atoms with E-state index >= 15 is 0 Å². The lowest BCUT2D eigenvalue weighted by Crippen LogP contribution is -3.19. The lowest BCUT2D eigenvalue weighted by atomic mass is 9.57. The largest absolute Gasteiger partial charge is 0.509 e. The van der Waals surface area contributed by atoms with Crippen LogP contribution in [0.2, 0.25) is 5.82 Å². The fourth-order valence-corrected chi connectivity index (χ4v) is 5.22.